The smallest absolute Gasteiger partial charge is 0.203 e. The van der Waals surface area contributed by atoms with Gasteiger partial charge in [-0.2, -0.15) is 0 Å². The van der Waals surface area contributed by atoms with Gasteiger partial charge in [0, 0.05) is 53.0 Å². The van der Waals surface area contributed by atoms with Crippen molar-refractivity contribution in [3.05, 3.63) is 60.0 Å². The summed E-state index contributed by atoms with van der Waals surface area (Å²) in [6.07, 6.45) is 0. The van der Waals surface area contributed by atoms with Crippen LogP contribution in [0, 0.1) is 0 Å². The molecule has 0 fully saturated rings. The Balaban J connectivity index is 2.18. The Morgan fingerprint density at radius 2 is 1.46 bits per heavy atom. The predicted octanol–water partition coefficient (Wildman–Crippen LogP) is 5.34. The second-order valence-corrected chi connectivity index (χ2v) is 15.0. The number of benzene rings is 3. The normalized spacial score (nSPS) is 12.7. The summed E-state index contributed by atoms with van der Waals surface area (Å²) in [6, 6.07) is 15.2. The second-order valence-electron chi connectivity index (χ2n) is 10.9. The van der Waals surface area contributed by atoms with Gasteiger partial charge in [0.05, 0.1) is 20.6 Å². The molecule has 0 unspecified atom stereocenters. The molecular formula is C31H38N2O6S2. The van der Waals surface area contributed by atoms with E-state index in [2.05, 4.69) is 37.2 Å². The van der Waals surface area contributed by atoms with Gasteiger partial charge in [0.1, 0.15) is 34.6 Å². The van der Waals surface area contributed by atoms with E-state index in [1.54, 1.807) is 0 Å². The fourth-order valence-corrected chi connectivity index (χ4v) is 7.18. The molecule has 220 valence electrons. The van der Waals surface area contributed by atoms with Gasteiger partial charge in [-0.1, -0.05) is 6.07 Å². The van der Waals surface area contributed by atoms with Crippen molar-refractivity contribution in [3.63, 3.8) is 0 Å². The number of nitrogens with zero attached hydrogens (tertiary/aromatic N) is 2. The highest BCUT2D eigenvalue weighted by molar-refractivity contribution is 7.92. The third kappa shape index (κ3) is 5.65. The first-order valence-corrected chi connectivity index (χ1v) is 16.8. The van der Waals surface area contributed by atoms with Crippen LogP contribution in [0.1, 0.15) is 48.5 Å². The molecule has 0 radical (unpaired) electrons. The van der Waals surface area contributed by atoms with Crippen LogP contribution in [0.3, 0.4) is 0 Å². The highest BCUT2D eigenvalue weighted by Gasteiger charge is 2.32. The van der Waals surface area contributed by atoms with E-state index in [0.29, 0.717) is 27.9 Å². The van der Waals surface area contributed by atoms with Crippen LogP contribution in [0.5, 0.6) is 0 Å². The molecule has 0 bridgehead atoms. The van der Waals surface area contributed by atoms with Gasteiger partial charge in [0.2, 0.25) is 5.36 Å². The molecule has 0 spiro atoms. The molecule has 2 aliphatic rings. The van der Waals surface area contributed by atoms with Crippen LogP contribution in [0.4, 0.5) is 5.69 Å². The lowest BCUT2D eigenvalue weighted by Gasteiger charge is -2.24. The summed E-state index contributed by atoms with van der Waals surface area (Å²) in [7, 11) is -8.99. The Kier molecular flexibility index (Phi) is 8.42. The van der Waals surface area contributed by atoms with Gasteiger partial charge in [0.25, 0.3) is 0 Å². The van der Waals surface area contributed by atoms with Crippen LogP contribution in [-0.4, -0.2) is 52.3 Å². The molecule has 0 amide bonds. The average molecular weight is 599 g/mol. The maximum atomic E-state index is 13.2. The summed E-state index contributed by atoms with van der Waals surface area (Å²) < 4.78 is 71.9. The number of sulfone groups is 1. The minimum atomic E-state index is -5.07. The third-order valence-corrected chi connectivity index (χ3v) is 10.9. The molecule has 0 saturated carbocycles. The van der Waals surface area contributed by atoms with Crippen molar-refractivity contribution in [1.82, 2.24) is 4.58 Å². The molecule has 1 aliphatic carbocycles. The van der Waals surface area contributed by atoms with Crippen LogP contribution >= 0.6 is 0 Å². The van der Waals surface area contributed by atoms with Gasteiger partial charge in [-0.15, -0.1) is 0 Å². The van der Waals surface area contributed by atoms with Crippen LogP contribution in [0.25, 0.3) is 33.4 Å². The second kappa shape index (κ2) is 11.2. The van der Waals surface area contributed by atoms with Gasteiger partial charge in [-0.05, 0) is 78.8 Å². The van der Waals surface area contributed by atoms with Crippen LogP contribution in [0.15, 0.2) is 68.8 Å². The van der Waals surface area contributed by atoms with E-state index in [9.17, 15) is 21.4 Å². The van der Waals surface area contributed by atoms with E-state index >= 15 is 0 Å². The summed E-state index contributed by atoms with van der Waals surface area (Å²) in [5.74, 6) is 0.522. The maximum Gasteiger partial charge on any atom is 0.203 e. The summed E-state index contributed by atoms with van der Waals surface area (Å²) >= 11 is 0. The molecule has 10 heteroatoms. The molecule has 4 rings (SSSR count). The lowest BCUT2D eigenvalue weighted by atomic mass is 9.93. The molecule has 0 saturated heterocycles. The number of rotatable bonds is 8. The van der Waals surface area contributed by atoms with E-state index in [1.807, 2.05) is 36.4 Å². The largest absolute Gasteiger partial charge is 0.744 e. The Hall–Kier alpha value is -3.21. The third-order valence-electron chi connectivity index (χ3n) is 7.55. The first kappa shape index (κ1) is 30.7. The number of hydrogen-bond acceptors (Lipinski definition) is 7. The molecule has 8 nitrogen and oxygen atoms in total. The molecule has 0 atom stereocenters. The van der Waals surface area contributed by atoms with Crippen molar-refractivity contribution in [1.29, 1.82) is 0 Å². The minimum Gasteiger partial charge on any atom is -0.744 e. The van der Waals surface area contributed by atoms with E-state index < -0.39 is 29.6 Å². The van der Waals surface area contributed by atoms with Crippen molar-refractivity contribution >= 4 is 36.6 Å². The van der Waals surface area contributed by atoms with Crippen LogP contribution in [-0.2, 0) is 20.0 Å². The standard InChI is InChI=1S/C31H38N2O6S2/c1-8-32(9-2)21-12-15-24-27(18-21)39-28-19-22(33(10-3)11-4)13-16-25(28)30(24)26-17-14-23(20-29(26)41(36,37)38)40(34,35)31(5,6)7/h12-20H,8-11H2,1-7H3. The quantitative estimate of drug-likeness (QED) is 0.153. The Morgan fingerprint density at radius 1 is 0.829 bits per heavy atom. The monoisotopic (exact) mass is 598 g/mol. The summed E-state index contributed by atoms with van der Waals surface area (Å²) in [4.78, 5) is 1.37. The van der Waals surface area contributed by atoms with Gasteiger partial charge in [0.15, 0.2) is 9.84 Å². The van der Waals surface area contributed by atoms with Crippen molar-refractivity contribution in [2.45, 2.75) is 63.0 Å². The molecule has 2 aromatic carbocycles. The molecule has 0 aromatic heterocycles. The van der Waals surface area contributed by atoms with Crippen molar-refractivity contribution in [2.75, 3.05) is 31.1 Å². The molecule has 1 heterocycles. The molecule has 2 aromatic rings. The highest BCUT2D eigenvalue weighted by Crippen LogP contribution is 2.44. The predicted molar refractivity (Wildman–Crippen MR) is 163 cm³/mol. The molecule has 1 aliphatic heterocycles. The number of fused-ring (bicyclic) bond motifs is 2. The van der Waals surface area contributed by atoms with E-state index in [-0.39, 0.29) is 10.5 Å². The van der Waals surface area contributed by atoms with Crippen LogP contribution < -0.4 is 14.8 Å². The lowest BCUT2D eigenvalue weighted by Crippen LogP contribution is -2.29. The fraction of sp³-hybridized carbons (Fsp3) is 0.387. The van der Waals surface area contributed by atoms with Crippen LogP contribution in [0.2, 0.25) is 0 Å². The zero-order chi connectivity index (χ0) is 30.3. The highest BCUT2D eigenvalue weighted by atomic mass is 32.2. The lowest BCUT2D eigenvalue weighted by molar-refractivity contribution is 0.463. The summed E-state index contributed by atoms with van der Waals surface area (Å²) in [5.41, 5.74) is 2.70. The van der Waals surface area contributed by atoms with E-state index in [1.165, 1.54) is 32.9 Å². The van der Waals surface area contributed by atoms with Crippen molar-refractivity contribution < 1.29 is 25.8 Å². The Bertz CT molecular complexity index is 1860. The SMILES string of the molecule is CCN(CC)c1ccc2c(-c3ccc(S(=O)(=O)C(C)(C)C)cc3S(=O)(=O)[O-])c3ccc(=[N+](CC)CC)cc-3oc2c1. The Morgan fingerprint density at radius 3 is 2.02 bits per heavy atom. The molecule has 41 heavy (non-hydrogen) atoms. The molecule has 0 N–H and O–H groups in total. The average Bonchev–Trinajstić information content (AvgIpc) is 2.91. The van der Waals surface area contributed by atoms with Gasteiger partial charge >= 0.3 is 0 Å². The first-order valence-electron chi connectivity index (χ1n) is 13.9. The van der Waals surface area contributed by atoms with E-state index in [0.717, 1.165) is 43.3 Å². The number of anilines is 1. The summed E-state index contributed by atoms with van der Waals surface area (Å²) in [6.45, 7) is 16.0. The molecular weight excluding hydrogens is 560 g/mol. The van der Waals surface area contributed by atoms with Crippen molar-refractivity contribution in [3.8, 4) is 22.5 Å². The van der Waals surface area contributed by atoms with Crippen molar-refractivity contribution in [2.24, 2.45) is 0 Å². The van der Waals surface area contributed by atoms with Gasteiger partial charge in [-0.3, -0.25) is 0 Å². The van der Waals surface area contributed by atoms with E-state index in [4.69, 9.17) is 4.42 Å². The topological polar surface area (TPSA) is 111 Å². The van der Waals surface area contributed by atoms with Gasteiger partial charge in [-0.25, -0.2) is 21.4 Å². The summed E-state index contributed by atoms with van der Waals surface area (Å²) in [5, 5.41) is 1.56. The number of hydrogen-bond donors (Lipinski definition) is 0. The maximum absolute atomic E-state index is 13.2. The zero-order valence-electron chi connectivity index (χ0n) is 24.7. The zero-order valence-corrected chi connectivity index (χ0v) is 26.3. The minimum absolute atomic E-state index is 0.129. The Labute approximate surface area is 243 Å². The first-order chi connectivity index (χ1) is 19.2. The van der Waals surface area contributed by atoms with Gasteiger partial charge < -0.3 is 13.9 Å². The fourth-order valence-electron chi connectivity index (χ4n) is 5.17.